The second-order valence-corrected chi connectivity index (χ2v) is 12.3. The van der Waals surface area contributed by atoms with Gasteiger partial charge in [-0.25, -0.2) is 9.67 Å². The summed E-state index contributed by atoms with van der Waals surface area (Å²) in [5.41, 5.74) is 2.08. The third kappa shape index (κ3) is 8.55. The Hall–Kier alpha value is -4.55. The number of rotatable bonds is 10. The number of allylic oxidation sites excluding steroid dienone is 1. The van der Waals surface area contributed by atoms with Crippen LogP contribution in [0.1, 0.15) is 61.4 Å². The molecule has 2 fully saturated rings. The molecule has 2 aliphatic rings. The highest BCUT2D eigenvalue weighted by atomic mass is 19.4. The molecule has 0 spiro atoms. The lowest BCUT2D eigenvalue weighted by atomic mass is 9.88. The van der Waals surface area contributed by atoms with Gasteiger partial charge in [-0.15, -0.1) is 5.10 Å². The monoisotopic (exact) mass is 677 g/mol. The molecule has 2 aromatic carbocycles. The standard InChI is InChI=1S/C37H39F4N5O3/c1-42-32(47)12-8-19-45-18-7-11-28(24-45)49-33-17-15-27(23-43-33)35(30(22-37(39,40)41)25-9-3-2-4-10-25)26-14-16-31-29(21-26)36(38)44-46(31)34-13-5-6-20-48-34/h2-4,8-10,12,14-17,21,23,28,34H,5-7,11,13,18-20,22,24H2,1H3,(H,42,47)/b12-8+,35-30-/t28-,34-/m1/s1. The maximum absolute atomic E-state index is 15.4. The number of nitrogens with zero attached hydrogens (tertiary/aromatic N) is 4. The summed E-state index contributed by atoms with van der Waals surface area (Å²) in [5.74, 6) is -0.527. The summed E-state index contributed by atoms with van der Waals surface area (Å²) in [5, 5.41) is 6.88. The number of alkyl halides is 3. The van der Waals surface area contributed by atoms with Crippen molar-refractivity contribution in [1.82, 2.24) is 25.0 Å². The highest BCUT2D eigenvalue weighted by Crippen LogP contribution is 2.40. The Bertz CT molecular complexity index is 1800. The number of fused-ring (bicyclic) bond motifs is 1. The Morgan fingerprint density at radius 3 is 2.57 bits per heavy atom. The molecule has 1 amide bonds. The number of likely N-dealkylation sites (N-methyl/N-ethyl adjacent to an activating group) is 1. The van der Waals surface area contributed by atoms with Crippen molar-refractivity contribution in [3.8, 4) is 5.88 Å². The molecule has 1 N–H and O–H groups in total. The highest BCUT2D eigenvalue weighted by molar-refractivity contribution is 6.00. The van der Waals surface area contributed by atoms with Crippen molar-refractivity contribution in [2.45, 2.75) is 57.0 Å². The van der Waals surface area contributed by atoms with Crippen LogP contribution in [0, 0.1) is 5.95 Å². The zero-order valence-electron chi connectivity index (χ0n) is 27.3. The zero-order valence-corrected chi connectivity index (χ0v) is 27.3. The number of carbonyl (C=O) groups is 1. The molecule has 6 rings (SSSR count). The lowest BCUT2D eigenvalue weighted by Gasteiger charge is -2.31. The topological polar surface area (TPSA) is 81.5 Å². The van der Waals surface area contributed by atoms with Gasteiger partial charge in [-0.3, -0.25) is 9.69 Å². The fraction of sp³-hybridized carbons (Fsp3) is 0.378. The van der Waals surface area contributed by atoms with Gasteiger partial charge in [-0.2, -0.15) is 17.6 Å². The summed E-state index contributed by atoms with van der Waals surface area (Å²) in [4.78, 5) is 18.2. The van der Waals surface area contributed by atoms with E-state index in [0.717, 1.165) is 32.2 Å². The molecule has 0 aliphatic carbocycles. The minimum atomic E-state index is -4.52. The minimum absolute atomic E-state index is 0.0408. The van der Waals surface area contributed by atoms with Gasteiger partial charge in [0.1, 0.15) is 6.10 Å². The molecule has 2 atom stereocenters. The maximum Gasteiger partial charge on any atom is 0.393 e. The molecule has 258 valence electrons. The first-order valence-corrected chi connectivity index (χ1v) is 16.6. The molecule has 2 aromatic heterocycles. The summed E-state index contributed by atoms with van der Waals surface area (Å²) in [6.07, 6.45) is 2.83. The van der Waals surface area contributed by atoms with Crippen molar-refractivity contribution < 1.29 is 31.8 Å². The van der Waals surface area contributed by atoms with E-state index in [9.17, 15) is 18.0 Å². The van der Waals surface area contributed by atoms with E-state index in [-0.39, 0.29) is 28.5 Å². The lowest BCUT2D eigenvalue weighted by molar-refractivity contribution is -0.123. The molecular formula is C37H39F4N5O3. The number of hydrogen-bond acceptors (Lipinski definition) is 6. The average molecular weight is 678 g/mol. The van der Waals surface area contributed by atoms with Crippen molar-refractivity contribution in [3.05, 3.63) is 102 Å². The molecule has 2 aliphatic heterocycles. The van der Waals surface area contributed by atoms with Crippen LogP contribution in [-0.2, 0) is 9.53 Å². The molecule has 0 unspecified atom stereocenters. The van der Waals surface area contributed by atoms with Gasteiger partial charge in [-0.1, -0.05) is 42.5 Å². The van der Waals surface area contributed by atoms with Gasteiger partial charge in [-0.05, 0) is 79.1 Å². The Labute approximate surface area is 282 Å². The van der Waals surface area contributed by atoms with Crippen LogP contribution in [0.15, 0.2) is 79.0 Å². The SMILES string of the molecule is CNC(=O)/C=C/CN1CCC[C@@H](Oc2ccc(/C(=C(/CC(F)(F)F)c3ccccc3)c3ccc4c(c3)c(F)nn4[C@H]3CCCCO3)cn2)C1. The summed E-state index contributed by atoms with van der Waals surface area (Å²) in [6, 6.07) is 16.7. The number of benzene rings is 2. The predicted molar refractivity (Wildman–Crippen MR) is 179 cm³/mol. The fourth-order valence-corrected chi connectivity index (χ4v) is 6.52. The number of hydrogen-bond donors (Lipinski definition) is 1. The molecule has 0 saturated carbocycles. The summed E-state index contributed by atoms with van der Waals surface area (Å²) >= 11 is 0. The van der Waals surface area contributed by atoms with Gasteiger partial charge in [0.05, 0.1) is 17.3 Å². The van der Waals surface area contributed by atoms with E-state index in [1.807, 2.05) is 6.08 Å². The van der Waals surface area contributed by atoms with E-state index in [1.54, 1.807) is 67.7 Å². The van der Waals surface area contributed by atoms with E-state index in [4.69, 9.17) is 9.47 Å². The van der Waals surface area contributed by atoms with Gasteiger partial charge >= 0.3 is 6.18 Å². The Morgan fingerprint density at radius 1 is 1.04 bits per heavy atom. The van der Waals surface area contributed by atoms with Gasteiger partial charge < -0.3 is 14.8 Å². The zero-order chi connectivity index (χ0) is 34.4. The Kier molecular flexibility index (Phi) is 10.7. The highest BCUT2D eigenvalue weighted by Gasteiger charge is 2.32. The first-order valence-electron chi connectivity index (χ1n) is 16.6. The minimum Gasteiger partial charge on any atom is -0.473 e. The number of halogens is 4. The lowest BCUT2D eigenvalue weighted by Crippen LogP contribution is -2.41. The van der Waals surface area contributed by atoms with Crippen LogP contribution in [0.2, 0.25) is 0 Å². The summed E-state index contributed by atoms with van der Waals surface area (Å²) in [6.45, 7) is 2.67. The largest absolute Gasteiger partial charge is 0.473 e. The second-order valence-electron chi connectivity index (χ2n) is 12.3. The molecule has 4 aromatic rings. The van der Waals surface area contributed by atoms with Crippen LogP contribution in [0.25, 0.3) is 22.0 Å². The van der Waals surface area contributed by atoms with Crippen molar-refractivity contribution >= 4 is 28.0 Å². The van der Waals surface area contributed by atoms with Crippen molar-refractivity contribution in [1.29, 1.82) is 0 Å². The predicted octanol–water partition coefficient (Wildman–Crippen LogP) is 7.33. The Morgan fingerprint density at radius 2 is 1.86 bits per heavy atom. The van der Waals surface area contributed by atoms with E-state index < -0.39 is 24.8 Å². The van der Waals surface area contributed by atoms with Gasteiger partial charge in [0.2, 0.25) is 17.7 Å². The van der Waals surface area contributed by atoms with Crippen molar-refractivity contribution in [2.24, 2.45) is 0 Å². The van der Waals surface area contributed by atoms with Gasteiger partial charge in [0, 0.05) is 50.6 Å². The number of carbonyl (C=O) groups excluding carboxylic acids is 1. The van der Waals surface area contributed by atoms with E-state index >= 15 is 4.39 Å². The van der Waals surface area contributed by atoms with Crippen molar-refractivity contribution in [2.75, 3.05) is 33.3 Å². The number of ether oxygens (including phenoxy) is 2. The second kappa shape index (κ2) is 15.3. The number of nitrogens with one attached hydrogen (secondary N) is 1. The average Bonchev–Trinajstić information content (AvgIpc) is 3.44. The van der Waals surface area contributed by atoms with E-state index in [2.05, 4.69) is 20.3 Å². The maximum atomic E-state index is 15.4. The first kappa shape index (κ1) is 34.3. The molecule has 8 nitrogen and oxygen atoms in total. The molecule has 49 heavy (non-hydrogen) atoms. The summed E-state index contributed by atoms with van der Waals surface area (Å²) in [7, 11) is 1.58. The van der Waals surface area contributed by atoms with Crippen LogP contribution in [0.5, 0.6) is 5.88 Å². The van der Waals surface area contributed by atoms with Gasteiger partial charge in [0.15, 0.2) is 6.23 Å². The number of amides is 1. The summed E-state index contributed by atoms with van der Waals surface area (Å²) < 4.78 is 71.6. The molecule has 0 bridgehead atoms. The van der Waals surface area contributed by atoms with Crippen LogP contribution < -0.4 is 10.1 Å². The molecule has 12 heteroatoms. The van der Waals surface area contributed by atoms with Crippen LogP contribution in [0.3, 0.4) is 0 Å². The number of piperidine rings is 1. The third-order valence-electron chi connectivity index (χ3n) is 8.83. The van der Waals surface area contributed by atoms with E-state index in [1.165, 1.54) is 17.0 Å². The van der Waals surface area contributed by atoms with Crippen LogP contribution in [0.4, 0.5) is 17.6 Å². The Balaban J connectivity index is 1.34. The number of pyridine rings is 1. The number of aromatic nitrogens is 3. The van der Waals surface area contributed by atoms with Crippen LogP contribution in [-0.4, -0.2) is 71.1 Å². The van der Waals surface area contributed by atoms with Crippen LogP contribution >= 0.6 is 0 Å². The smallest absolute Gasteiger partial charge is 0.393 e. The first-order chi connectivity index (χ1) is 23.7. The molecular weight excluding hydrogens is 638 g/mol. The third-order valence-corrected chi connectivity index (χ3v) is 8.83. The fourth-order valence-electron chi connectivity index (χ4n) is 6.52. The quantitative estimate of drug-likeness (QED) is 0.108. The van der Waals surface area contributed by atoms with Crippen molar-refractivity contribution in [3.63, 3.8) is 0 Å². The normalized spacial score (nSPS) is 19.6. The number of likely N-dealkylation sites (tertiary alicyclic amines) is 1. The molecule has 0 radical (unpaired) electrons. The van der Waals surface area contributed by atoms with E-state index in [0.29, 0.717) is 54.2 Å². The van der Waals surface area contributed by atoms with Gasteiger partial charge in [0.25, 0.3) is 0 Å². The molecule has 4 heterocycles. The molecule has 2 saturated heterocycles.